The van der Waals surface area contributed by atoms with Gasteiger partial charge >= 0.3 is 0 Å². The minimum atomic E-state index is -0.0737. The molecule has 0 spiro atoms. The fourth-order valence-corrected chi connectivity index (χ4v) is 1.95. The number of para-hydroxylation sites is 2. The van der Waals surface area contributed by atoms with E-state index < -0.39 is 0 Å². The molecule has 5 heteroatoms. The van der Waals surface area contributed by atoms with Gasteiger partial charge in [0.15, 0.2) is 0 Å². The van der Waals surface area contributed by atoms with E-state index in [4.69, 9.17) is 22.7 Å². The number of anilines is 1. The molecule has 1 aliphatic heterocycles. The fraction of sp³-hybridized carbons (Fsp3) is 0.333. The monoisotopic (exact) mass is 250 g/mol. The molecule has 0 radical (unpaired) electrons. The molecule has 1 heterocycles. The molecule has 0 saturated heterocycles. The van der Waals surface area contributed by atoms with Crippen molar-refractivity contribution < 1.29 is 9.53 Å². The van der Waals surface area contributed by atoms with Crippen molar-refractivity contribution in [2.45, 2.75) is 12.8 Å². The van der Waals surface area contributed by atoms with Crippen LogP contribution in [0.15, 0.2) is 24.3 Å². The smallest absolute Gasteiger partial charge is 0.233 e. The summed E-state index contributed by atoms with van der Waals surface area (Å²) in [6.07, 6.45) is 0.904. The van der Waals surface area contributed by atoms with E-state index in [1.807, 2.05) is 24.3 Å². The molecule has 90 valence electrons. The van der Waals surface area contributed by atoms with Crippen molar-refractivity contribution in [1.82, 2.24) is 0 Å². The van der Waals surface area contributed by atoms with E-state index >= 15 is 0 Å². The second-order valence-corrected chi connectivity index (χ2v) is 4.38. The number of amides is 1. The summed E-state index contributed by atoms with van der Waals surface area (Å²) in [6.45, 7) is 1.26. The Hall–Kier alpha value is -1.62. The highest BCUT2D eigenvalue weighted by molar-refractivity contribution is 7.80. The number of ether oxygens (including phenoxy) is 1. The molecule has 0 saturated carbocycles. The third-order valence-corrected chi connectivity index (χ3v) is 2.71. The average molecular weight is 250 g/mol. The molecule has 0 aliphatic carbocycles. The van der Waals surface area contributed by atoms with Crippen LogP contribution in [0.3, 0.4) is 0 Å². The normalized spacial score (nSPS) is 14.5. The summed E-state index contributed by atoms with van der Waals surface area (Å²) in [6, 6.07) is 7.51. The van der Waals surface area contributed by atoms with Gasteiger partial charge in [-0.2, -0.15) is 0 Å². The van der Waals surface area contributed by atoms with Crippen LogP contribution in [0, 0.1) is 0 Å². The van der Waals surface area contributed by atoms with Gasteiger partial charge in [-0.05, 0) is 18.6 Å². The van der Waals surface area contributed by atoms with E-state index in [-0.39, 0.29) is 17.3 Å². The van der Waals surface area contributed by atoms with Crippen LogP contribution in [0.4, 0.5) is 5.69 Å². The lowest BCUT2D eigenvalue weighted by Gasteiger charge is -2.21. The number of rotatable bonds is 2. The van der Waals surface area contributed by atoms with Gasteiger partial charge in [-0.25, -0.2) is 0 Å². The maximum atomic E-state index is 12.0. The summed E-state index contributed by atoms with van der Waals surface area (Å²) < 4.78 is 5.58. The first-order chi connectivity index (χ1) is 8.18. The summed E-state index contributed by atoms with van der Waals surface area (Å²) >= 11 is 4.77. The third-order valence-electron chi connectivity index (χ3n) is 2.57. The topological polar surface area (TPSA) is 55.6 Å². The number of hydrogen-bond acceptors (Lipinski definition) is 3. The van der Waals surface area contributed by atoms with Gasteiger partial charge in [0.25, 0.3) is 0 Å². The van der Waals surface area contributed by atoms with Crippen molar-refractivity contribution in [3.8, 4) is 5.75 Å². The summed E-state index contributed by atoms with van der Waals surface area (Å²) in [4.78, 5) is 13.9. The first-order valence-electron chi connectivity index (χ1n) is 5.49. The number of fused-ring (bicyclic) bond motifs is 1. The van der Waals surface area contributed by atoms with Crippen molar-refractivity contribution in [1.29, 1.82) is 0 Å². The van der Waals surface area contributed by atoms with Crippen molar-refractivity contribution in [2.24, 2.45) is 5.73 Å². The van der Waals surface area contributed by atoms with Gasteiger partial charge in [0.2, 0.25) is 5.91 Å². The van der Waals surface area contributed by atoms with E-state index in [2.05, 4.69) is 0 Å². The van der Waals surface area contributed by atoms with Crippen LogP contribution in [-0.4, -0.2) is 24.0 Å². The van der Waals surface area contributed by atoms with Gasteiger partial charge < -0.3 is 15.4 Å². The lowest BCUT2D eigenvalue weighted by Crippen LogP contribution is -2.34. The molecule has 0 fully saturated rings. The van der Waals surface area contributed by atoms with Gasteiger partial charge in [-0.1, -0.05) is 24.4 Å². The first kappa shape index (κ1) is 11.9. The van der Waals surface area contributed by atoms with E-state index in [0.717, 1.165) is 17.9 Å². The predicted octanol–water partition coefficient (Wildman–Crippen LogP) is 1.48. The van der Waals surface area contributed by atoms with Crippen molar-refractivity contribution in [3.63, 3.8) is 0 Å². The minimum absolute atomic E-state index is 0.0737. The Morgan fingerprint density at radius 2 is 2.24 bits per heavy atom. The number of benzene rings is 1. The van der Waals surface area contributed by atoms with E-state index in [1.165, 1.54) is 0 Å². The number of nitrogens with two attached hydrogens (primary N) is 1. The van der Waals surface area contributed by atoms with Crippen LogP contribution < -0.4 is 15.4 Å². The highest BCUT2D eigenvalue weighted by atomic mass is 32.1. The number of hydrogen-bond donors (Lipinski definition) is 1. The number of carbonyl (C=O) groups excluding carboxylic acids is 1. The van der Waals surface area contributed by atoms with E-state index in [9.17, 15) is 4.79 Å². The quantitative estimate of drug-likeness (QED) is 0.808. The second kappa shape index (κ2) is 5.14. The third kappa shape index (κ3) is 2.74. The second-order valence-electron chi connectivity index (χ2n) is 3.86. The molecule has 1 aliphatic rings. The Kier molecular flexibility index (Phi) is 3.58. The zero-order valence-electron chi connectivity index (χ0n) is 9.39. The molecule has 0 bridgehead atoms. The summed E-state index contributed by atoms with van der Waals surface area (Å²) in [5, 5.41) is 0. The molecular formula is C12H14N2O2S. The molecule has 0 atom stereocenters. The van der Waals surface area contributed by atoms with Gasteiger partial charge in [0.05, 0.1) is 23.7 Å². The molecule has 1 aromatic carbocycles. The van der Waals surface area contributed by atoms with Gasteiger partial charge in [-0.15, -0.1) is 0 Å². The maximum absolute atomic E-state index is 12.0. The van der Waals surface area contributed by atoms with E-state index in [1.54, 1.807) is 4.90 Å². The Morgan fingerprint density at radius 1 is 1.47 bits per heavy atom. The molecule has 2 rings (SSSR count). The Bertz CT molecular complexity index is 448. The Labute approximate surface area is 105 Å². The van der Waals surface area contributed by atoms with Crippen LogP contribution in [0.5, 0.6) is 5.75 Å². The van der Waals surface area contributed by atoms with Crippen molar-refractivity contribution in [3.05, 3.63) is 24.3 Å². The predicted molar refractivity (Wildman–Crippen MR) is 70.3 cm³/mol. The van der Waals surface area contributed by atoms with Gasteiger partial charge in [0.1, 0.15) is 5.75 Å². The average Bonchev–Trinajstić information content (AvgIpc) is 2.50. The number of carbonyl (C=O) groups is 1. The van der Waals surface area contributed by atoms with Crippen molar-refractivity contribution >= 4 is 28.8 Å². The van der Waals surface area contributed by atoms with Crippen LogP contribution in [0.25, 0.3) is 0 Å². The van der Waals surface area contributed by atoms with E-state index in [0.29, 0.717) is 13.2 Å². The molecule has 2 N–H and O–H groups in total. The largest absolute Gasteiger partial charge is 0.491 e. The zero-order chi connectivity index (χ0) is 12.3. The van der Waals surface area contributed by atoms with Gasteiger partial charge in [-0.3, -0.25) is 4.79 Å². The molecule has 1 amide bonds. The summed E-state index contributed by atoms with van der Waals surface area (Å²) in [7, 11) is 0. The van der Waals surface area contributed by atoms with Gasteiger partial charge in [0, 0.05) is 6.54 Å². The fourth-order valence-electron chi connectivity index (χ4n) is 1.83. The van der Waals surface area contributed by atoms with Crippen LogP contribution >= 0.6 is 12.2 Å². The first-order valence-corrected chi connectivity index (χ1v) is 5.90. The number of thiocarbonyl (C=S) groups is 1. The lowest BCUT2D eigenvalue weighted by molar-refractivity contribution is -0.117. The maximum Gasteiger partial charge on any atom is 0.233 e. The molecule has 4 nitrogen and oxygen atoms in total. The molecule has 0 aromatic heterocycles. The SMILES string of the molecule is NC(=S)CC(=O)N1CCCOc2ccccc21. The van der Waals surface area contributed by atoms with Crippen LogP contribution in [0.1, 0.15) is 12.8 Å². The molecule has 17 heavy (non-hydrogen) atoms. The highest BCUT2D eigenvalue weighted by Crippen LogP contribution is 2.30. The van der Waals surface area contributed by atoms with Crippen LogP contribution in [-0.2, 0) is 4.79 Å². The van der Waals surface area contributed by atoms with Crippen molar-refractivity contribution in [2.75, 3.05) is 18.1 Å². The molecular weight excluding hydrogens is 236 g/mol. The Morgan fingerprint density at radius 3 is 3.00 bits per heavy atom. The lowest BCUT2D eigenvalue weighted by atomic mass is 10.2. The highest BCUT2D eigenvalue weighted by Gasteiger charge is 2.21. The minimum Gasteiger partial charge on any atom is -0.491 e. The zero-order valence-corrected chi connectivity index (χ0v) is 10.2. The molecule has 1 aromatic rings. The standard InChI is InChI=1S/C12H14N2O2S/c13-11(17)8-12(15)14-6-3-7-16-10-5-2-1-4-9(10)14/h1-2,4-5H,3,6-8H2,(H2,13,17). The van der Waals surface area contributed by atoms with Crippen LogP contribution in [0.2, 0.25) is 0 Å². The number of nitrogens with zero attached hydrogens (tertiary/aromatic N) is 1. The summed E-state index contributed by atoms with van der Waals surface area (Å²) in [5.41, 5.74) is 6.21. The summed E-state index contributed by atoms with van der Waals surface area (Å²) in [5.74, 6) is 0.664. The Balaban J connectivity index is 2.28. The molecule has 0 unspecified atom stereocenters.